The number of rotatable bonds is 4. The Labute approximate surface area is 222 Å². The number of carbonyl (C=O) groups is 4. The molecule has 0 saturated carbocycles. The average molecular weight is 529 g/mol. The lowest BCUT2D eigenvalue weighted by Crippen LogP contribution is -2.22. The van der Waals surface area contributed by atoms with Gasteiger partial charge in [-0.05, 0) is 48.4 Å². The number of urea groups is 1. The van der Waals surface area contributed by atoms with Crippen LogP contribution in [0.3, 0.4) is 0 Å². The van der Waals surface area contributed by atoms with E-state index in [0.29, 0.717) is 29.0 Å². The summed E-state index contributed by atoms with van der Waals surface area (Å²) in [6.45, 7) is 2.50. The van der Waals surface area contributed by atoms with E-state index in [4.69, 9.17) is 9.15 Å². The lowest BCUT2D eigenvalue weighted by atomic mass is 10.1. The van der Waals surface area contributed by atoms with Gasteiger partial charge in [0.15, 0.2) is 11.6 Å². The Kier molecular flexibility index (Phi) is 6.67. The summed E-state index contributed by atoms with van der Waals surface area (Å²) in [6, 6.07) is 10.7. The quantitative estimate of drug-likeness (QED) is 0.342. The van der Waals surface area contributed by atoms with E-state index in [-0.39, 0.29) is 17.6 Å². The Bertz CT molecular complexity index is 1620. The van der Waals surface area contributed by atoms with Crippen LogP contribution in [0.5, 0.6) is 5.75 Å². The lowest BCUT2D eigenvalue weighted by molar-refractivity contribution is -0.120. The van der Waals surface area contributed by atoms with E-state index in [0.717, 1.165) is 22.4 Å². The first-order valence-electron chi connectivity index (χ1n) is 11.9. The third-order valence-corrected chi connectivity index (χ3v) is 6.21. The number of amides is 5. The summed E-state index contributed by atoms with van der Waals surface area (Å²) in [5.74, 6) is 0.606. The zero-order valence-corrected chi connectivity index (χ0v) is 21.3. The molecule has 4 aromatic rings. The van der Waals surface area contributed by atoms with Gasteiger partial charge in [-0.3, -0.25) is 24.7 Å². The van der Waals surface area contributed by atoms with Crippen molar-refractivity contribution in [3.63, 3.8) is 0 Å². The predicted molar refractivity (Wildman–Crippen MR) is 139 cm³/mol. The molecule has 3 aromatic heterocycles. The van der Waals surface area contributed by atoms with Gasteiger partial charge in [0.05, 0.1) is 12.7 Å². The summed E-state index contributed by atoms with van der Waals surface area (Å²) < 4.78 is 10.7. The number of imide groups is 1. The van der Waals surface area contributed by atoms with Gasteiger partial charge in [-0.1, -0.05) is 6.07 Å². The zero-order chi connectivity index (χ0) is 27.7. The van der Waals surface area contributed by atoms with Crippen molar-refractivity contribution >= 4 is 40.7 Å². The molecule has 3 N–H and O–H groups in total. The fourth-order valence-electron chi connectivity index (χ4n) is 4.26. The number of nitrogens with zero attached hydrogens (tertiary/aromatic N) is 3. The van der Waals surface area contributed by atoms with Crippen molar-refractivity contribution in [2.45, 2.75) is 19.5 Å². The van der Waals surface area contributed by atoms with Crippen molar-refractivity contribution in [2.75, 3.05) is 19.5 Å². The van der Waals surface area contributed by atoms with E-state index < -0.39 is 18.0 Å². The first-order chi connectivity index (χ1) is 18.7. The fourth-order valence-corrected chi connectivity index (χ4v) is 4.26. The number of carbonyl (C=O) groups excluding carboxylic acids is 4. The number of methoxy groups -OCH3 is 1. The molecule has 0 aliphatic carbocycles. The van der Waals surface area contributed by atoms with Crippen molar-refractivity contribution in [1.29, 1.82) is 0 Å². The van der Waals surface area contributed by atoms with Crippen LogP contribution in [0.2, 0.25) is 0 Å². The van der Waals surface area contributed by atoms with Gasteiger partial charge in [-0.2, -0.15) is 0 Å². The van der Waals surface area contributed by atoms with Crippen LogP contribution in [-0.2, 0) is 11.3 Å². The van der Waals surface area contributed by atoms with Crippen molar-refractivity contribution in [1.82, 2.24) is 25.5 Å². The normalized spacial score (nSPS) is 15.8. The molecule has 2 aliphatic heterocycles. The van der Waals surface area contributed by atoms with Crippen molar-refractivity contribution in [3.05, 3.63) is 82.9 Å². The minimum Gasteiger partial charge on any atom is -0.497 e. The minimum absolute atomic E-state index is 0.0777. The second-order valence-corrected chi connectivity index (χ2v) is 8.96. The molecule has 2 aliphatic rings. The minimum atomic E-state index is -0.899. The molecule has 1 aromatic carbocycles. The number of ether oxygens (including phenoxy) is 1. The molecule has 1 unspecified atom stereocenters. The highest BCUT2D eigenvalue weighted by molar-refractivity contribution is 6.05. The van der Waals surface area contributed by atoms with E-state index >= 15 is 0 Å². The molecule has 1 saturated heterocycles. The maximum Gasteiger partial charge on any atom is 0.322 e. The second-order valence-electron chi connectivity index (χ2n) is 8.96. The number of hydrogen-bond donors (Lipinski definition) is 3. The Morgan fingerprint density at radius 3 is 2.69 bits per heavy atom. The Balaban J connectivity index is 0.000000198. The summed E-state index contributed by atoms with van der Waals surface area (Å²) >= 11 is 0. The van der Waals surface area contributed by atoms with Crippen LogP contribution < -0.4 is 20.7 Å². The summed E-state index contributed by atoms with van der Waals surface area (Å²) in [7, 11) is 3.40. The maximum absolute atomic E-state index is 12.2. The zero-order valence-electron chi connectivity index (χ0n) is 21.3. The Morgan fingerprint density at radius 1 is 1.18 bits per heavy atom. The van der Waals surface area contributed by atoms with E-state index in [2.05, 4.69) is 25.9 Å². The van der Waals surface area contributed by atoms with Gasteiger partial charge in [0.25, 0.3) is 17.7 Å². The first kappa shape index (κ1) is 25.4. The number of furan rings is 1. The first-order valence-corrected chi connectivity index (χ1v) is 11.9. The molecule has 198 valence electrons. The maximum atomic E-state index is 12.2. The van der Waals surface area contributed by atoms with Gasteiger partial charge in [0, 0.05) is 37.6 Å². The third kappa shape index (κ3) is 5.12. The van der Waals surface area contributed by atoms with Crippen molar-refractivity contribution < 1.29 is 28.3 Å². The predicted octanol–water partition coefficient (Wildman–Crippen LogP) is 2.94. The second kappa shape index (κ2) is 10.2. The Morgan fingerprint density at radius 2 is 2.00 bits per heavy atom. The van der Waals surface area contributed by atoms with Crippen LogP contribution >= 0.6 is 0 Å². The van der Waals surface area contributed by atoms with Crippen LogP contribution in [0.4, 0.5) is 10.6 Å². The molecule has 1 fully saturated rings. The summed E-state index contributed by atoms with van der Waals surface area (Å²) in [4.78, 5) is 56.8. The third-order valence-electron chi connectivity index (χ3n) is 6.21. The largest absolute Gasteiger partial charge is 0.497 e. The van der Waals surface area contributed by atoms with E-state index in [9.17, 15) is 19.2 Å². The number of hydrogen-bond acceptors (Lipinski definition) is 8. The standard InChI is InChI=1S/C17H13N5O4.C10H11NO2/c1-8-5-12(20-15(23)9-3-2-4-18-7-9)19-10-6-11(26-14(8)10)13-16(24)22-17(25)21-13;1-11-6-7-3-4-8(13-2)5-9(7)10(11)12/h2-7,13H,1H3,(H,19,20,23)(H2,21,22,24,25);3-5H,6H2,1-2H3. The molecule has 5 heterocycles. The summed E-state index contributed by atoms with van der Waals surface area (Å²) in [5, 5.41) is 7.32. The van der Waals surface area contributed by atoms with Gasteiger partial charge in [-0.25, -0.2) is 9.78 Å². The van der Waals surface area contributed by atoms with Crippen LogP contribution in [0.15, 0.2) is 59.3 Å². The van der Waals surface area contributed by atoms with Crippen molar-refractivity contribution in [2.24, 2.45) is 0 Å². The topological polar surface area (TPSA) is 156 Å². The smallest absolute Gasteiger partial charge is 0.322 e. The Hall–Kier alpha value is -5.26. The number of anilines is 1. The number of aryl methyl sites for hydroxylation is 1. The highest BCUT2D eigenvalue weighted by atomic mass is 16.5. The molecule has 6 rings (SSSR count). The van der Waals surface area contributed by atoms with Crippen LogP contribution in [0.25, 0.3) is 11.1 Å². The van der Waals surface area contributed by atoms with Gasteiger partial charge in [0.1, 0.15) is 22.8 Å². The van der Waals surface area contributed by atoms with Crippen molar-refractivity contribution in [3.8, 4) is 5.75 Å². The number of nitrogens with one attached hydrogen (secondary N) is 3. The molecule has 0 spiro atoms. The molecule has 39 heavy (non-hydrogen) atoms. The van der Waals surface area contributed by atoms with Gasteiger partial charge >= 0.3 is 6.03 Å². The number of aromatic nitrogens is 2. The van der Waals surface area contributed by atoms with Gasteiger partial charge in [-0.15, -0.1) is 0 Å². The molecule has 12 heteroatoms. The van der Waals surface area contributed by atoms with E-state index in [1.54, 1.807) is 62.5 Å². The molecule has 0 radical (unpaired) electrons. The van der Waals surface area contributed by atoms with Gasteiger partial charge < -0.3 is 24.7 Å². The number of fused-ring (bicyclic) bond motifs is 2. The highest BCUT2D eigenvalue weighted by Gasteiger charge is 2.34. The molecule has 5 amide bonds. The summed E-state index contributed by atoms with van der Waals surface area (Å²) in [6.07, 6.45) is 3.04. The fraction of sp³-hybridized carbons (Fsp3) is 0.185. The molecular weight excluding hydrogens is 504 g/mol. The monoisotopic (exact) mass is 528 g/mol. The van der Waals surface area contributed by atoms with Crippen LogP contribution in [0.1, 0.15) is 43.6 Å². The highest BCUT2D eigenvalue weighted by Crippen LogP contribution is 2.29. The molecule has 0 bridgehead atoms. The molecular formula is C27H24N6O6. The molecule has 1 atom stereocenters. The molecule has 12 nitrogen and oxygen atoms in total. The van der Waals surface area contributed by atoms with E-state index in [1.165, 1.54) is 6.20 Å². The summed E-state index contributed by atoms with van der Waals surface area (Å²) in [5.41, 5.74) is 3.93. The number of benzene rings is 1. The lowest BCUT2D eigenvalue weighted by Gasteiger charge is -2.05. The van der Waals surface area contributed by atoms with E-state index in [1.807, 2.05) is 12.1 Å². The van der Waals surface area contributed by atoms with Crippen LogP contribution in [-0.4, -0.2) is 52.8 Å². The SMILES string of the molecule is COc1ccc2c(c1)C(=O)N(C)C2.Cc1cc(NC(=O)c2cccnc2)nc2cc(C3NC(=O)NC3=O)oc12. The van der Waals surface area contributed by atoms with Gasteiger partial charge in [0.2, 0.25) is 0 Å². The average Bonchev–Trinajstić information content (AvgIpc) is 3.59. The van der Waals surface area contributed by atoms with Crippen LogP contribution in [0, 0.1) is 6.92 Å². The number of pyridine rings is 2.